The van der Waals surface area contributed by atoms with E-state index >= 15 is 0 Å². The number of benzene rings is 1. The molecule has 0 bridgehead atoms. The second-order valence-electron chi connectivity index (χ2n) is 3.87. The third-order valence-corrected chi connectivity index (χ3v) is 2.70. The van der Waals surface area contributed by atoms with Crippen molar-refractivity contribution in [2.24, 2.45) is 5.92 Å². The lowest BCUT2D eigenvalue weighted by atomic mass is 10.0. The molecule has 0 amide bonds. The van der Waals surface area contributed by atoms with E-state index in [1.807, 2.05) is 18.2 Å². The van der Waals surface area contributed by atoms with Gasteiger partial charge in [0.2, 0.25) is 0 Å². The number of hydrogen-bond acceptors (Lipinski definition) is 2. The van der Waals surface area contributed by atoms with Crippen LogP contribution in [0.2, 0.25) is 5.22 Å². The largest absolute Gasteiger partial charge is 0.481 e. The minimum atomic E-state index is -0.787. The van der Waals surface area contributed by atoms with Gasteiger partial charge in [-0.05, 0) is 35.7 Å². The summed E-state index contributed by atoms with van der Waals surface area (Å²) >= 11 is 5.73. The Morgan fingerprint density at radius 2 is 2.25 bits per heavy atom. The maximum absolute atomic E-state index is 10.7. The highest BCUT2D eigenvalue weighted by molar-refractivity contribution is 6.29. The summed E-state index contributed by atoms with van der Waals surface area (Å²) in [5, 5.41) is 10.1. The van der Waals surface area contributed by atoms with Gasteiger partial charge in [0.05, 0.1) is 5.92 Å². The van der Waals surface area contributed by atoms with Gasteiger partial charge >= 0.3 is 5.97 Å². The Bertz CT molecular complexity index is 530. The quantitative estimate of drug-likeness (QED) is 0.892. The first-order valence-corrected chi connectivity index (χ1v) is 5.35. The Kier molecular flexibility index (Phi) is 2.88. The summed E-state index contributed by atoms with van der Waals surface area (Å²) in [7, 11) is 0. The molecular formula is C12H11ClO3. The Morgan fingerprint density at radius 1 is 1.50 bits per heavy atom. The van der Waals surface area contributed by atoms with E-state index in [1.165, 1.54) is 0 Å². The second-order valence-corrected chi connectivity index (χ2v) is 4.24. The fraction of sp³-hybridized carbons (Fsp3) is 0.250. The summed E-state index contributed by atoms with van der Waals surface area (Å²) in [5.74, 6) is -1.18. The first-order chi connectivity index (χ1) is 7.56. The van der Waals surface area contributed by atoms with Gasteiger partial charge < -0.3 is 9.52 Å². The monoisotopic (exact) mass is 238 g/mol. The Hall–Kier alpha value is -1.48. The lowest BCUT2D eigenvalue weighted by Gasteiger charge is -2.05. The van der Waals surface area contributed by atoms with Crippen LogP contribution in [-0.4, -0.2) is 11.1 Å². The fourth-order valence-corrected chi connectivity index (χ4v) is 1.83. The Labute approximate surface area is 97.6 Å². The van der Waals surface area contributed by atoms with Gasteiger partial charge in [-0.1, -0.05) is 13.0 Å². The first-order valence-electron chi connectivity index (χ1n) is 4.97. The van der Waals surface area contributed by atoms with Crippen LogP contribution >= 0.6 is 11.6 Å². The van der Waals surface area contributed by atoms with Crippen molar-refractivity contribution in [3.05, 3.63) is 35.0 Å². The van der Waals surface area contributed by atoms with Gasteiger partial charge in [-0.3, -0.25) is 4.79 Å². The lowest BCUT2D eigenvalue weighted by Crippen LogP contribution is -2.12. The van der Waals surface area contributed by atoms with Gasteiger partial charge in [-0.25, -0.2) is 0 Å². The molecule has 1 aromatic heterocycles. The van der Waals surface area contributed by atoms with E-state index in [-0.39, 0.29) is 5.92 Å². The van der Waals surface area contributed by atoms with Gasteiger partial charge in [0, 0.05) is 11.5 Å². The highest BCUT2D eigenvalue weighted by Gasteiger charge is 2.12. The van der Waals surface area contributed by atoms with Crippen molar-refractivity contribution in [3.8, 4) is 0 Å². The fourth-order valence-electron chi connectivity index (χ4n) is 1.63. The van der Waals surface area contributed by atoms with Crippen molar-refractivity contribution in [2.45, 2.75) is 13.3 Å². The number of halogens is 1. The molecule has 3 nitrogen and oxygen atoms in total. The first kappa shape index (κ1) is 11.0. The summed E-state index contributed by atoms with van der Waals surface area (Å²) in [6, 6.07) is 7.31. The number of furan rings is 1. The van der Waals surface area contributed by atoms with Crippen molar-refractivity contribution >= 4 is 28.5 Å². The molecule has 4 heteroatoms. The summed E-state index contributed by atoms with van der Waals surface area (Å²) in [6.45, 7) is 1.69. The van der Waals surface area contributed by atoms with Crippen LogP contribution in [0.1, 0.15) is 12.5 Å². The molecule has 0 fully saturated rings. The van der Waals surface area contributed by atoms with Crippen molar-refractivity contribution < 1.29 is 14.3 Å². The molecule has 84 valence electrons. The maximum Gasteiger partial charge on any atom is 0.306 e. The molecule has 0 aliphatic carbocycles. The topological polar surface area (TPSA) is 50.4 Å². The zero-order valence-corrected chi connectivity index (χ0v) is 9.49. The zero-order chi connectivity index (χ0) is 11.7. The maximum atomic E-state index is 10.7. The van der Waals surface area contributed by atoms with Crippen LogP contribution < -0.4 is 0 Å². The standard InChI is InChI=1S/C12H11ClO3/c1-7(12(14)15)4-8-2-3-10-9(5-8)6-11(13)16-10/h2-3,5-7H,4H2,1H3,(H,14,15). The number of aliphatic carboxylic acids is 1. The number of carboxylic acid groups (broad SMARTS) is 1. The number of fused-ring (bicyclic) bond motifs is 1. The van der Waals surface area contributed by atoms with Crippen LogP contribution in [0.25, 0.3) is 11.0 Å². The minimum absolute atomic E-state index is 0.346. The summed E-state index contributed by atoms with van der Waals surface area (Å²) in [6.07, 6.45) is 0.508. The predicted molar refractivity (Wildman–Crippen MR) is 61.7 cm³/mol. The van der Waals surface area contributed by atoms with Crippen LogP contribution in [0.4, 0.5) is 0 Å². The number of carboxylic acids is 1. The second kappa shape index (κ2) is 4.18. The van der Waals surface area contributed by atoms with Crippen LogP contribution in [0, 0.1) is 5.92 Å². The average Bonchev–Trinajstić information content (AvgIpc) is 2.57. The number of rotatable bonds is 3. The highest BCUT2D eigenvalue weighted by Crippen LogP contribution is 2.24. The third-order valence-electron chi connectivity index (χ3n) is 2.51. The Morgan fingerprint density at radius 3 is 2.94 bits per heavy atom. The van der Waals surface area contributed by atoms with E-state index in [9.17, 15) is 4.79 Å². The normalized spacial score (nSPS) is 12.9. The van der Waals surface area contributed by atoms with E-state index < -0.39 is 5.97 Å². The lowest BCUT2D eigenvalue weighted by molar-refractivity contribution is -0.141. The van der Waals surface area contributed by atoms with Crippen molar-refractivity contribution in [2.75, 3.05) is 0 Å². The minimum Gasteiger partial charge on any atom is -0.481 e. The molecule has 0 aliphatic rings. The molecule has 0 saturated carbocycles. The Balaban J connectivity index is 2.28. The van der Waals surface area contributed by atoms with E-state index in [1.54, 1.807) is 13.0 Å². The molecule has 1 atom stereocenters. The molecule has 0 aliphatic heterocycles. The SMILES string of the molecule is CC(Cc1ccc2oc(Cl)cc2c1)C(=O)O. The van der Waals surface area contributed by atoms with Gasteiger partial charge in [-0.2, -0.15) is 0 Å². The zero-order valence-electron chi connectivity index (χ0n) is 8.74. The number of carbonyl (C=O) groups is 1. The van der Waals surface area contributed by atoms with E-state index in [2.05, 4.69) is 0 Å². The van der Waals surface area contributed by atoms with Crippen molar-refractivity contribution in [1.82, 2.24) is 0 Å². The molecule has 0 spiro atoms. The van der Waals surface area contributed by atoms with Crippen LogP contribution in [-0.2, 0) is 11.2 Å². The molecule has 0 saturated heterocycles. The van der Waals surface area contributed by atoms with Gasteiger partial charge in [-0.15, -0.1) is 0 Å². The molecule has 1 aromatic carbocycles. The van der Waals surface area contributed by atoms with Gasteiger partial charge in [0.1, 0.15) is 5.58 Å². The summed E-state index contributed by atoms with van der Waals surface area (Å²) < 4.78 is 5.22. The van der Waals surface area contributed by atoms with Gasteiger partial charge in [0.25, 0.3) is 0 Å². The third kappa shape index (κ3) is 2.19. The molecule has 1 N–H and O–H groups in total. The molecule has 2 rings (SSSR count). The molecule has 1 heterocycles. The van der Waals surface area contributed by atoms with Crippen LogP contribution in [0.5, 0.6) is 0 Å². The molecule has 0 radical (unpaired) electrons. The predicted octanol–water partition coefficient (Wildman–Crippen LogP) is 3.35. The molecular weight excluding hydrogens is 228 g/mol. The van der Waals surface area contributed by atoms with E-state index in [0.29, 0.717) is 11.6 Å². The van der Waals surface area contributed by atoms with Gasteiger partial charge in [0.15, 0.2) is 5.22 Å². The molecule has 16 heavy (non-hydrogen) atoms. The smallest absolute Gasteiger partial charge is 0.306 e. The summed E-state index contributed by atoms with van der Waals surface area (Å²) in [4.78, 5) is 10.7. The van der Waals surface area contributed by atoms with Crippen LogP contribution in [0.15, 0.2) is 28.7 Å². The van der Waals surface area contributed by atoms with E-state index in [0.717, 1.165) is 16.5 Å². The van der Waals surface area contributed by atoms with E-state index in [4.69, 9.17) is 21.1 Å². The molecule has 2 aromatic rings. The molecule has 1 unspecified atom stereocenters. The van der Waals surface area contributed by atoms with Crippen LogP contribution in [0.3, 0.4) is 0 Å². The number of hydrogen-bond donors (Lipinski definition) is 1. The highest BCUT2D eigenvalue weighted by atomic mass is 35.5. The average molecular weight is 239 g/mol. The van der Waals surface area contributed by atoms with Crippen molar-refractivity contribution in [3.63, 3.8) is 0 Å². The van der Waals surface area contributed by atoms with Crippen molar-refractivity contribution in [1.29, 1.82) is 0 Å². The summed E-state index contributed by atoms with van der Waals surface area (Å²) in [5.41, 5.74) is 1.69.